The predicted octanol–water partition coefficient (Wildman–Crippen LogP) is -0.199. The first-order valence-electron chi connectivity index (χ1n) is 9.53. The molecule has 1 fully saturated rings. The van der Waals surface area contributed by atoms with Crippen LogP contribution in [0.15, 0.2) is 30.3 Å². The smallest absolute Gasteiger partial charge is 0.280 e. The normalized spacial score (nSPS) is 15.3. The number of aromatic nitrogens is 2. The molecule has 0 saturated carbocycles. The fraction of sp³-hybridized carbons (Fsp3) is 0.450. The molecule has 1 aromatic carbocycles. The summed E-state index contributed by atoms with van der Waals surface area (Å²) in [6.45, 7) is 6.79. The molecule has 0 bridgehead atoms. The van der Waals surface area contributed by atoms with Crippen LogP contribution in [0.1, 0.15) is 11.3 Å². The maximum Gasteiger partial charge on any atom is 0.280 e. The first kappa shape index (κ1) is 20.0. The number of amides is 2. The molecule has 2 aromatic rings. The van der Waals surface area contributed by atoms with Gasteiger partial charge in [0.1, 0.15) is 5.82 Å². The molecule has 2 amide bonds. The molecule has 0 aliphatic carbocycles. The number of nitrogens with zero attached hydrogens (tertiary/aromatic N) is 3. The monoisotopic (exact) mass is 386 g/mol. The first-order valence-corrected chi connectivity index (χ1v) is 9.53. The van der Waals surface area contributed by atoms with Gasteiger partial charge < -0.3 is 19.9 Å². The van der Waals surface area contributed by atoms with E-state index in [1.165, 1.54) is 0 Å². The maximum atomic E-state index is 12.5. The van der Waals surface area contributed by atoms with Crippen LogP contribution in [-0.2, 0) is 14.3 Å². The Kier molecular flexibility index (Phi) is 6.43. The lowest BCUT2D eigenvalue weighted by Gasteiger charge is -2.27. The van der Waals surface area contributed by atoms with Crippen LogP contribution >= 0.6 is 0 Å². The number of anilines is 1. The lowest BCUT2D eigenvalue weighted by Crippen LogP contribution is -3.11. The van der Waals surface area contributed by atoms with Crippen molar-refractivity contribution in [2.45, 2.75) is 13.8 Å². The van der Waals surface area contributed by atoms with Gasteiger partial charge in [-0.3, -0.25) is 9.59 Å². The summed E-state index contributed by atoms with van der Waals surface area (Å²) in [5.41, 5.74) is 2.87. The number of carbonyl (C=O) groups is 2. The van der Waals surface area contributed by atoms with E-state index in [-0.39, 0.29) is 24.9 Å². The number of ether oxygens (including phenoxy) is 1. The summed E-state index contributed by atoms with van der Waals surface area (Å²) in [4.78, 5) is 27.5. The highest BCUT2D eigenvalue weighted by atomic mass is 16.5. The Morgan fingerprint density at radius 1 is 1.14 bits per heavy atom. The Balaban J connectivity index is 1.58. The van der Waals surface area contributed by atoms with Crippen LogP contribution in [0.2, 0.25) is 0 Å². The molecule has 0 radical (unpaired) electrons. The molecular formula is C20H28N5O3+. The zero-order chi connectivity index (χ0) is 20.1. The number of carbonyl (C=O) groups excluding carboxylic acids is 2. The second kappa shape index (κ2) is 8.99. The van der Waals surface area contributed by atoms with Gasteiger partial charge >= 0.3 is 0 Å². The predicted molar refractivity (Wildman–Crippen MR) is 106 cm³/mol. The summed E-state index contributed by atoms with van der Waals surface area (Å²) in [6, 6.07) is 9.79. The van der Waals surface area contributed by atoms with Crippen LogP contribution < -0.4 is 10.2 Å². The van der Waals surface area contributed by atoms with Crippen LogP contribution in [0.4, 0.5) is 5.82 Å². The van der Waals surface area contributed by atoms with E-state index in [9.17, 15) is 9.59 Å². The molecule has 1 aliphatic heterocycles. The third kappa shape index (κ3) is 5.17. The van der Waals surface area contributed by atoms with Crippen molar-refractivity contribution in [2.24, 2.45) is 0 Å². The number of hydrogen-bond acceptors (Lipinski definition) is 4. The van der Waals surface area contributed by atoms with Gasteiger partial charge in [0.15, 0.2) is 13.1 Å². The van der Waals surface area contributed by atoms with Crippen LogP contribution in [0.3, 0.4) is 0 Å². The third-order valence-electron chi connectivity index (χ3n) is 4.66. The zero-order valence-electron chi connectivity index (χ0n) is 16.7. The van der Waals surface area contributed by atoms with E-state index < -0.39 is 0 Å². The molecule has 1 saturated heterocycles. The Hall–Kier alpha value is -2.71. The van der Waals surface area contributed by atoms with Gasteiger partial charge in [-0.25, -0.2) is 4.68 Å². The number of hydrogen-bond donors (Lipinski definition) is 2. The number of rotatable bonds is 6. The zero-order valence-corrected chi connectivity index (χ0v) is 16.7. The van der Waals surface area contributed by atoms with E-state index in [1.54, 1.807) is 9.58 Å². The minimum Gasteiger partial charge on any atom is -0.378 e. The summed E-state index contributed by atoms with van der Waals surface area (Å²) in [5.74, 6) is 0.522. The molecule has 1 atom stereocenters. The largest absolute Gasteiger partial charge is 0.378 e. The Morgan fingerprint density at radius 2 is 1.82 bits per heavy atom. The van der Waals surface area contributed by atoms with Crippen molar-refractivity contribution in [3.05, 3.63) is 41.6 Å². The lowest BCUT2D eigenvalue weighted by atomic mass is 10.2. The van der Waals surface area contributed by atoms with E-state index in [4.69, 9.17) is 4.74 Å². The fourth-order valence-electron chi connectivity index (χ4n) is 3.18. The number of likely N-dealkylation sites (N-methyl/N-ethyl adjacent to an activating group) is 1. The fourth-order valence-corrected chi connectivity index (χ4v) is 3.18. The molecule has 1 aliphatic rings. The second-order valence-corrected chi connectivity index (χ2v) is 7.27. The van der Waals surface area contributed by atoms with Crippen molar-refractivity contribution >= 4 is 17.6 Å². The van der Waals surface area contributed by atoms with Crippen molar-refractivity contribution in [3.63, 3.8) is 0 Å². The van der Waals surface area contributed by atoms with E-state index in [1.807, 2.05) is 51.2 Å². The van der Waals surface area contributed by atoms with Crippen molar-refractivity contribution in [2.75, 3.05) is 51.8 Å². The number of nitrogens with one attached hydrogen (secondary N) is 2. The maximum absolute atomic E-state index is 12.5. The van der Waals surface area contributed by atoms with Gasteiger partial charge in [-0.1, -0.05) is 17.7 Å². The van der Waals surface area contributed by atoms with Crippen LogP contribution in [0.5, 0.6) is 0 Å². The molecule has 8 nitrogen and oxygen atoms in total. The highest BCUT2D eigenvalue weighted by Crippen LogP contribution is 2.17. The third-order valence-corrected chi connectivity index (χ3v) is 4.66. The van der Waals surface area contributed by atoms with Gasteiger partial charge in [-0.15, -0.1) is 0 Å². The summed E-state index contributed by atoms with van der Waals surface area (Å²) >= 11 is 0. The Bertz CT molecular complexity index is 825. The van der Waals surface area contributed by atoms with Gasteiger partial charge in [0.05, 0.1) is 31.6 Å². The molecule has 0 spiro atoms. The molecule has 2 heterocycles. The van der Waals surface area contributed by atoms with Crippen LogP contribution in [0.25, 0.3) is 5.69 Å². The molecule has 3 rings (SSSR count). The van der Waals surface area contributed by atoms with Crippen LogP contribution in [0, 0.1) is 13.8 Å². The topological polar surface area (TPSA) is 80.9 Å². The van der Waals surface area contributed by atoms with E-state index >= 15 is 0 Å². The summed E-state index contributed by atoms with van der Waals surface area (Å²) in [6.07, 6.45) is 0. The molecule has 2 N–H and O–H groups in total. The lowest BCUT2D eigenvalue weighted by molar-refractivity contribution is -0.862. The highest BCUT2D eigenvalue weighted by Gasteiger charge is 2.22. The van der Waals surface area contributed by atoms with Gasteiger partial charge in [-0.2, -0.15) is 5.10 Å². The number of aryl methyl sites for hydroxylation is 2. The molecule has 1 unspecified atom stereocenters. The Labute approximate surface area is 165 Å². The summed E-state index contributed by atoms with van der Waals surface area (Å²) in [5, 5.41) is 7.40. The standard InChI is InChI=1S/C20H27N5O3/c1-15-4-6-17(7-5-15)25-18(12-16(2)22-25)21-19(26)13-23(3)14-20(27)24-8-10-28-11-9-24/h4-7,12H,8-11,13-14H2,1-3H3,(H,21,26)/p+1. The van der Waals surface area contributed by atoms with Crippen molar-refractivity contribution in [1.82, 2.24) is 14.7 Å². The minimum atomic E-state index is -0.152. The molecule has 8 heteroatoms. The second-order valence-electron chi connectivity index (χ2n) is 7.27. The first-order chi connectivity index (χ1) is 13.4. The minimum absolute atomic E-state index is 0.0501. The quantitative estimate of drug-likeness (QED) is 0.721. The molecular weight excluding hydrogens is 358 g/mol. The van der Waals surface area contributed by atoms with E-state index in [0.717, 1.165) is 21.8 Å². The highest BCUT2D eigenvalue weighted by molar-refractivity contribution is 5.91. The summed E-state index contributed by atoms with van der Waals surface area (Å²) in [7, 11) is 1.85. The van der Waals surface area contributed by atoms with Crippen molar-refractivity contribution in [1.29, 1.82) is 0 Å². The Morgan fingerprint density at radius 3 is 2.50 bits per heavy atom. The number of morpholine rings is 1. The van der Waals surface area contributed by atoms with Crippen molar-refractivity contribution in [3.8, 4) is 5.69 Å². The SMILES string of the molecule is Cc1ccc(-n2nc(C)cc2NC(=O)C[NH+](C)CC(=O)N2CCOCC2)cc1. The molecule has 150 valence electrons. The average molecular weight is 386 g/mol. The number of quaternary nitrogens is 1. The molecule has 1 aromatic heterocycles. The van der Waals surface area contributed by atoms with Gasteiger partial charge in [0.2, 0.25) is 0 Å². The van der Waals surface area contributed by atoms with E-state index in [2.05, 4.69) is 10.4 Å². The van der Waals surface area contributed by atoms with Gasteiger partial charge in [-0.05, 0) is 26.0 Å². The molecule has 28 heavy (non-hydrogen) atoms. The van der Waals surface area contributed by atoms with Gasteiger partial charge in [0, 0.05) is 19.2 Å². The summed E-state index contributed by atoms with van der Waals surface area (Å²) < 4.78 is 6.99. The number of benzene rings is 1. The van der Waals surface area contributed by atoms with Gasteiger partial charge in [0.25, 0.3) is 11.8 Å². The van der Waals surface area contributed by atoms with Crippen molar-refractivity contribution < 1.29 is 19.2 Å². The average Bonchev–Trinajstić information content (AvgIpc) is 3.02. The van der Waals surface area contributed by atoms with Crippen LogP contribution in [-0.4, -0.2) is 72.9 Å². The van der Waals surface area contributed by atoms with E-state index in [0.29, 0.717) is 32.1 Å².